The number of hydrogen-bond donors (Lipinski definition) is 1. The van der Waals surface area contributed by atoms with Gasteiger partial charge in [0.05, 0.1) is 29.9 Å². The number of hydrogen-bond acceptors (Lipinski definition) is 5. The second kappa shape index (κ2) is 6.23. The largest absolute Gasteiger partial charge is 0.497 e. The molecule has 0 bridgehead atoms. The summed E-state index contributed by atoms with van der Waals surface area (Å²) in [5.74, 6) is 0.727. The van der Waals surface area contributed by atoms with E-state index in [0.717, 1.165) is 5.69 Å². The van der Waals surface area contributed by atoms with E-state index in [1.54, 1.807) is 19.2 Å². The Labute approximate surface area is 129 Å². The lowest BCUT2D eigenvalue weighted by Crippen LogP contribution is -2.13. The maximum Gasteiger partial charge on any atom is 0.261 e. The average Bonchev–Trinajstić information content (AvgIpc) is 2.83. The molecule has 0 spiro atoms. The summed E-state index contributed by atoms with van der Waals surface area (Å²) >= 11 is 4.73. The quantitative estimate of drug-likeness (QED) is 0.910. The molecule has 20 heavy (non-hydrogen) atoms. The van der Waals surface area contributed by atoms with Gasteiger partial charge >= 0.3 is 0 Å². The fourth-order valence-corrected chi connectivity index (χ4v) is 2.92. The van der Waals surface area contributed by atoms with Crippen molar-refractivity contribution >= 4 is 38.3 Å². The lowest BCUT2D eigenvalue weighted by atomic mass is 10.1. The third kappa shape index (κ3) is 3.10. The van der Waals surface area contributed by atoms with E-state index < -0.39 is 0 Å². The molecule has 5 nitrogen and oxygen atoms in total. The van der Waals surface area contributed by atoms with Crippen LogP contribution in [0.5, 0.6) is 11.5 Å². The molecule has 0 aliphatic rings. The minimum Gasteiger partial charge on any atom is -0.497 e. The van der Waals surface area contributed by atoms with Crippen molar-refractivity contribution in [3.8, 4) is 11.5 Å². The Morgan fingerprint density at radius 1 is 1.35 bits per heavy atom. The summed E-state index contributed by atoms with van der Waals surface area (Å²) in [6.45, 7) is 1.87. The molecule has 0 radical (unpaired) electrons. The van der Waals surface area contributed by atoms with Crippen molar-refractivity contribution in [1.29, 1.82) is 0 Å². The minimum atomic E-state index is -0.296. The Morgan fingerprint density at radius 3 is 2.65 bits per heavy atom. The monoisotopic (exact) mass is 356 g/mol. The highest BCUT2D eigenvalue weighted by Gasteiger charge is 2.18. The number of thiazole rings is 1. The van der Waals surface area contributed by atoms with Crippen molar-refractivity contribution in [2.45, 2.75) is 6.92 Å². The molecular formula is C13H13BrN2O3S. The number of anilines is 1. The fraction of sp³-hybridized carbons (Fsp3) is 0.231. The van der Waals surface area contributed by atoms with Gasteiger partial charge in [0, 0.05) is 5.38 Å². The Bertz CT molecular complexity index is 643. The van der Waals surface area contributed by atoms with Crippen LogP contribution >= 0.6 is 27.3 Å². The number of benzene rings is 1. The van der Waals surface area contributed by atoms with E-state index in [4.69, 9.17) is 9.47 Å². The van der Waals surface area contributed by atoms with Gasteiger partial charge < -0.3 is 9.47 Å². The van der Waals surface area contributed by atoms with E-state index in [2.05, 4.69) is 26.2 Å². The molecule has 1 amide bonds. The van der Waals surface area contributed by atoms with Crippen LogP contribution in [0, 0.1) is 6.92 Å². The number of carbonyl (C=O) groups is 1. The maximum absolute atomic E-state index is 12.3. The van der Waals surface area contributed by atoms with Gasteiger partial charge in [0.15, 0.2) is 5.13 Å². The number of rotatable bonds is 4. The van der Waals surface area contributed by atoms with E-state index >= 15 is 0 Å². The van der Waals surface area contributed by atoms with Crippen LogP contribution in [0.2, 0.25) is 0 Å². The zero-order chi connectivity index (χ0) is 14.7. The second-order valence-electron chi connectivity index (χ2n) is 3.94. The molecule has 0 aliphatic heterocycles. The van der Waals surface area contributed by atoms with Crippen LogP contribution in [0.1, 0.15) is 16.1 Å². The lowest BCUT2D eigenvalue weighted by Gasteiger charge is -2.12. The number of methoxy groups -OCH3 is 2. The summed E-state index contributed by atoms with van der Waals surface area (Å²) in [5, 5.41) is 5.16. The Balaban J connectivity index is 2.35. The zero-order valence-electron chi connectivity index (χ0n) is 11.2. The molecule has 1 aromatic heterocycles. The number of nitrogens with zero attached hydrogens (tertiary/aromatic N) is 1. The molecule has 0 unspecified atom stereocenters. The minimum absolute atomic E-state index is 0.296. The highest BCUT2D eigenvalue weighted by molar-refractivity contribution is 9.10. The molecule has 0 fully saturated rings. The van der Waals surface area contributed by atoms with Gasteiger partial charge in [-0.15, -0.1) is 11.3 Å². The number of carbonyl (C=O) groups excluding carboxylic acids is 1. The zero-order valence-corrected chi connectivity index (χ0v) is 13.6. The number of aromatic nitrogens is 1. The Kier molecular flexibility index (Phi) is 4.61. The van der Waals surface area contributed by atoms with Crippen LogP contribution in [0.25, 0.3) is 0 Å². The molecular weight excluding hydrogens is 344 g/mol. The Morgan fingerprint density at radius 2 is 2.10 bits per heavy atom. The average molecular weight is 357 g/mol. The molecule has 106 valence electrons. The predicted octanol–water partition coefficient (Wildman–Crippen LogP) is 3.48. The summed E-state index contributed by atoms with van der Waals surface area (Å²) in [6.07, 6.45) is 0. The van der Waals surface area contributed by atoms with Gasteiger partial charge in [0.25, 0.3) is 5.91 Å². The topological polar surface area (TPSA) is 60.5 Å². The number of ether oxygens (including phenoxy) is 2. The standard InChI is InChI=1S/C13H13BrN2O3S/c1-7-6-20-13(15-7)16-12(17)9-4-8(18-2)5-10(14)11(9)19-3/h4-6H,1-3H3,(H,15,16,17). The molecule has 1 aromatic carbocycles. The van der Waals surface area contributed by atoms with Crippen molar-refractivity contribution in [3.05, 3.63) is 33.2 Å². The summed E-state index contributed by atoms with van der Waals surface area (Å²) < 4.78 is 11.1. The van der Waals surface area contributed by atoms with Gasteiger partial charge in [-0.25, -0.2) is 4.98 Å². The lowest BCUT2D eigenvalue weighted by molar-refractivity contribution is 0.102. The van der Waals surface area contributed by atoms with Crippen LogP contribution in [-0.4, -0.2) is 25.1 Å². The van der Waals surface area contributed by atoms with Crippen LogP contribution in [0.15, 0.2) is 22.0 Å². The van der Waals surface area contributed by atoms with Crippen molar-refractivity contribution < 1.29 is 14.3 Å². The van der Waals surface area contributed by atoms with Crippen molar-refractivity contribution in [2.75, 3.05) is 19.5 Å². The summed E-state index contributed by atoms with van der Waals surface area (Å²) in [7, 11) is 3.05. The Hall–Kier alpha value is -1.60. The molecule has 0 aliphatic carbocycles. The number of nitrogens with one attached hydrogen (secondary N) is 1. The number of amides is 1. The third-order valence-corrected chi connectivity index (χ3v) is 4.01. The normalized spacial score (nSPS) is 10.2. The van der Waals surface area contributed by atoms with E-state index in [0.29, 0.717) is 26.7 Å². The van der Waals surface area contributed by atoms with Gasteiger partial charge in [-0.2, -0.15) is 0 Å². The first-order chi connectivity index (χ1) is 9.55. The van der Waals surface area contributed by atoms with Gasteiger partial charge in [-0.1, -0.05) is 0 Å². The molecule has 1 N–H and O–H groups in total. The molecule has 0 saturated carbocycles. The molecule has 2 aromatic rings. The predicted molar refractivity (Wildman–Crippen MR) is 82.1 cm³/mol. The van der Waals surface area contributed by atoms with Crippen LogP contribution in [0.4, 0.5) is 5.13 Å². The van der Waals surface area contributed by atoms with Crippen molar-refractivity contribution in [2.24, 2.45) is 0 Å². The van der Waals surface area contributed by atoms with Crippen LogP contribution in [-0.2, 0) is 0 Å². The van der Waals surface area contributed by atoms with Crippen LogP contribution in [0.3, 0.4) is 0 Å². The van der Waals surface area contributed by atoms with E-state index in [1.165, 1.54) is 18.4 Å². The molecule has 2 rings (SSSR count). The van der Waals surface area contributed by atoms with E-state index in [9.17, 15) is 4.79 Å². The van der Waals surface area contributed by atoms with Gasteiger partial charge in [0.1, 0.15) is 11.5 Å². The van der Waals surface area contributed by atoms with E-state index in [1.807, 2.05) is 12.3 Å². The maximum atomic E-state index is 12.3. The highest BCUT2D eigenvalue weighted by Crippen LogP contribution is 2.34. The first-order valence-corrected chi connectivity index (χ1v) is 7.37. The van der Waals surface area contributed by atoms with Gasteiger partial charge in [0.2, 0.25) is 0 Å². The first-order valence-electron chi connectivity index (χ1n) is 5.70. The van der Waals surface area contributed by atoms with Gasteiger partial charge in [-0.05, 0) is 35.0 Å². The van der Waals surface area contributed by atoms with Crippen LogP contribution < -0.4 is 14.8 Å². The molecule has 7 heteroatoms. The van der Waals surface area contributed by atoms with Crippen molar-refractivity contribution in [3.63, 3.8) is 0 Å². The SMILES string of the molecule is COc1cc(Br)c(OC)c(C(=O)Nc2nc(C)cs2)c1. The summed E-state index contributed by atoms with van der Waals surface area (Å²) in [4.78, 5) is 16.5. The van der Waals surface area contributed by atoms with E-state index in [-0.39, 0.29) is 5.91 Å². The molecule has 0 atom stereocenters. The first kappa shape index (κ1) is 14.8. The highest BCUT2D eigenvalue weighted by atomic mass is 79.9. The fourth-order valence-electron chi connectivity index (χ4n) is 1.64. The number of aryl methyl sites for hydroxylation is 1. The third-order valence-electron chi connectivity index (χ3n) is 2.54. The molecule has 1 heterocycles. The number of halogens is 1. The van der Waals surface area contributed by atoms with Crippen molar-refractivity contribution in [1.82, 2.24) is 4.98 Å². The molecule has 0 saturated heterocycles. The smallest absolute Gasteiger partial charge is 0.261 e. The van der Waals surface area contributed by atoms with Gasteiger partial charge in [-0.3, -0.25) is 10.1 Å². The summed E-state index contributed by atoms with van der Waals surface area (Å²) in [6, 6.07) is 3.36. The second-order valence-corrected chi connectivity index (χ2v) is 5.65. The summed E-state index contributed by atoms with van der Waals surface area (Å²) in [5.41, 5.74) is 1.25.